The van der Waals surface area contributed by atoms with E-state index in [0.29, 0.717) is 0 Å². The van der Waals surface area contributed by atoms with E-state index in [0.717, 1.165) is 6.92 Å². The summed E-state index contributed by atoms with van der Waals surface area (Å²) in [5.41, 5.74) is 0. The number of aliphatic hydroxyl groups is 1. The van der Waals surface area contributed by atoms with Gasteiger partial charge < -0.3 is 15.0 Å². The third-order valence-electron chi connectivity index (χ3n) is 0.295. The Kier molecular flexibility index (Phi) is 4.87. The summed E-state index contributed by atoms with van der Waals surface area (Å²) >= 11 is 0. The van der Waals surface area contributed by atoms with Crippen LogP contribution in [0.1, 0.15) is 8.29 Å². The monoisotopic (exact) mass is 113 g/mol. The number of carboxylic acids is 1. The number of carbonyl (C=O) groups excluding carboxylic acids is 1. The van der Waals surface area contributed by atoms with E-state index in [1.807, 2.05) is 0 Å². The fraction of sp³-hybridized carbons (Fsp3) is 0.667. The minimum Gasteiger partial charge on any atom is -0.547 e. The molecule has 0 bridgehead atoms. The quantitative estimate of drug-likeness (QED) is 0.347. The molecule has 7 heavy (non-hydrogen) atoms. The van der Waals surface area contributed by atoms with E-state index in [-0.39, 0.29) is 29.6 Å². The Balaban J connectivity index is 0. The molecule has 0 saturated heterocycles. The average Bonchev–Trinajstić information content (AvgIpc) is 1.31. The van der Waals surface area contributed by atoms with Gasteiger partial charge in [-0.25, -0.2) is 0 Å². The smallest absolute Gasteiger partial charge is 0.547 e. The first-order valence-electron chi connectivity index (χ1n) is 1.88. The first-order chi connectivity index (χ1) is 2.94. The van der Waals surface area contributed by atoms with E-state index in [1.165, 1.54) is 0 Å². The molecule has 0 amide bonds. The first kappa shape index (κ1) is 7.43. The van der Waals surface area contributed by atoms with E-state index >= 15 is 0 Å². The van der Waals surface area contributed by atoms with Gasteiger partial charge in [0.15, 0.2) is 0 Å². The average molecular weight is 113 g/mol. The summed E-state index contributed by atoms with van der Waals surface area (Å²) in [7, 11) is 0. The minimum atomic E-state index is -2.44. The van der Waals surface area contributed by atoms with E-state index in [4.69, 9.17) is 6.48 Å². The Morgan fingerprint density at radius 2 is 2.29 bits per heavy atom. The van der Waals surface area contributed by atoms with Crippen molar-refractivity contribution in [3.63, 3.8) is 0 Å². The molecule has 0 aliphatic carbocycles. The van der Waals surface area contributed by atoms with Gasteiger partial charge in [0.25, 0.3) is 0 Å². The molecule has 0 spiro atoms. The Bertz CT molecular complexity index is 87.0. The van der Waals surface area contributed by atoms with E-state index in [1.54, 1.807) is 0 Å². The van der Waals surface area contributed by atoms with E-state index in [9.17, 15) is 9.90 Å². The van der Waals surface area contributed by atoms with Crippen LogP contribution in [0.4, 0.5) is 0 Å². The molecule has 3 nitrogen and oxygen atoms in total. The van der Waals surface area contributed by atoms with Crippen LogP contribution in [-0.4, -0.2) is 17.2 Å². The van der Waals surface area contributed by atoms with E-state index < -0.39 is 12.0 Å². The van der Waals surface area contributed by atoms with Crippen LogP contribution in [0.15, 0.2) is 0 Å². The third-order valence-corrected chi connectivity index (χ3v) is 0.295. The van der Waals surface area contributed by atoms with Crippen LogP contribution in [0.3, 0.4) is 0 Å². The van der Waals surface area contributed by atoms with Crippen molar-refractivity contribution in [3.8, 4) is 0 Å². The van der Waals surface area contributed by atoms with Gasteiger partial charge in [0.05, 0.1) is 13.4 Å². The fourth-order valence-corrected chi connectivity index (χ4v) is 0. The zero-order valence-electron chi connectivity index (χ0n) is 5.26. The second-order valence-corrected chi connectivity index (χ2v) is 0.873. The van der Waals surface area contributed by atoms with Crippen molar-refractivity contribution in [1.29, 1.82) is 0 Å². The topological polar surface area (TPSA) is 60.4 Å². The number of carboxylic acid groups (broad SMARTS) is 1. The van der Waals surface area contributed by atoms with Crippen molar-refractivity contribution in [3.05, 3.63) is 0 Å². The molecule has 0 heterocycles. The minimum absolute atomic E-state index is 0. The number of aliphatic carboxylic acids is 1. The second kappa shape index (κ2) is 4.59. The van der Waals surface area contributed by atoms with Gasteiger partial charge in [-0.2, -0.15) is 0 Å². The maximum absolute atomic E-state index is 9.47. The van der Waals surface area contributed by atoms with Crippen molar-refractivity contribution < 1.29 is 45.9 Å². The molecule has 0 radical (unpaired) electrons. The van der Waals surface area contributed by atoms with Gasteiger partial charge in [-0.05, 0) is 6.92 Å². The summed E-state index contributed by atoms with van der Waals surface area (Å²) in [6.07, 6.45) is -2.44. The van der Waals surface area contributed by atoms with Crippen LogP contribution in [0.25, 0.3) is 0 Å². The summed E-state index contributed by atoms with van der Waals surface area (Å²) in [5, 5.41) is 17.6. The predicted molar refractivity (Wildman–Crippen MR) is 16.7 cm³/mol. The Hall–Kier alpha value is 0.430. The van der Waals surface area contributed by atoms with Crippen molar-refractivity contribution >= 4 is 5.97 Å². The molecule has 36 valence electrons. The number of hydrogen-bond acceptors (Lipinski definition) is 3. The molecular formula is C3H5NaO3. The molecule has 0 aliphatic heterocycles. The second-order valence-electron chi connectivity index (χ2n) is 0.873. The molecule has 0 aromatic carbocycles. The fourth-order valence-electron chi connectivity index (χ4n) is 0. The molecule has 4 heteroatoms. The van der Waals surface area contributed by atoms with Crippen LogP contribution in [0, 0.1) is 0 Å². The Morgan fingerprint density at radius 3 is 2.29 bits per heavy atom. The molecule has 0 fully saturated rings. The van der Waals surface area contributed by atoms with Gasteiger partial charge in [0.2, 0.25) is 0 Å². The van der Waals surface area contributed by atoms with Gasteiger partial charge in [-0.15, -0.1) is 0 Å². The van der Waals surface area contributed by atoms with Crippen LogP contribution >= 0.6 is 0 Å². The van der Waals surface area contributed by atoms with E-state index in [2.05, 4.69) is 0 Å². The number of rotatable bonds is 1. The van der Waals surface area contributed by atoms with Crippen LogP contribution in [0.2, 0.25) is 0 Å². The molecule has 0 saturated carbocycles. The maximum atomic E-state index is 9.47. The summed E-state index contributed by atoms with van der Waals surface area (Å²) in [5.74, 6) is -1.78. The third kappa shape index (κ3) is 6.43. The van der Waals surface area contributed by atoms with Crippen molar-refractivity contribution in [2.45, 2.75) is 13.0 Å². The molecule has 1 atom stereocenters. The first-order valence-corrected chi connectivity index (χ1v) is 1.38. The number of carbonyl (C=O) groups is 1. The van der Waals surface area contributed by atoms with Gasteiger partial charge in [-0.3, -0.25) is 0 Å². The molecule has 1 N–H and O–H groups in total. The SMILES string of the molecule is [2H][C@@](C)(O)C(=O)[O-].[Na+]. The molecule has 0 aliphatic rings. The summed E-state index contributed by atoms with van der Waals surface area (Å²) < 4.78 is 6.28. The summed E-state index contributed by atoms with van der Waals surface area (Å²) in [6.45, 7) is 0.822. The van der Waals surface area contributed by atoms with Gasteiger partial charge in [0.1, 0.15) is 0 Å². The van der Waals surface area contributed by atoms with Crippen molar-refractivity contribution in [2.75, 3.05) is 0 Å². The van der Waals surface area contributed by atoms with Crippen molar-refractivity contribution in [2.24, 2.45) is 0 Å². The Morgan fingerprint density at radius 1 is 2.14 bits per heavy atom. The molecule has 0 rings (SSSR count). The normalized spacial score (nSPS) is 18.3. The molecule has 0 aromatic heterocycles. The summed E-state index contributed by atoms with van der Waals surface area (Å²) in [4.78, 5) is 9.47. The summed E-state index contributed by atoms with van der Waals surface area (Å²) in [6, 6.07) is 0. The van der Waals surface area contributed by atoms with Gasteiger partial charge >= 0.3 is 29.6 Å². The largest absolute Gasteiger partial charge is 1.00 e. The van der Waals surface area contributed by atoms with Gasteiger partial charge in [0, 0.05) is 0 Å². The standard InChI is InChI=1S/C3H6O3.Na/c1-2(4)3(5)6;/h2,4H,1H3,(H,5,6);/q;+1/p-1/t2-;/m0./s1/i2D;. The van der Waals surface area contributed by atoms with Gasteiger partial charge in [-0.1, -0.05) is 0 Å². The van der Waals surface area contributed by atoms with Crippen LogP contribution in [0.5, 0.6) is 0 Å². The molecule has 0 aromatic rings. The predicted octanol–water partition coefficient (Wildman–Crippen LogP) is -4.88. The Labute approximate surface area is 65.0 Å². The maximum Gasteiger partial charge on any atom is 1.00 e. The van der Waals surface area contributed by atoms with Crippen molar-refractivity contribution in [1.82, 2.24) is 0 Å². The van der Waals surface area contributed by atoms with Crippen LogP contribution in [-0.2, 0) is 4.79 Å². The zero-order chi connectivity index (χ0) is 6.08. The molecular weight excluding hydrogens is 107 g/mol. The number of hydrogen-bond donors (Lipinski definition) is 1. The van der Waals surface area contributed by atoms with Crippen LogP contribution < -0.4 is 34.7 Å². The zero-order valence-corrected chi connectivity index (χ0v) is 6.26. The molecule has 0 unspecified atom stereocenters.